The number of hydrogen-bond donors (Lipinski definition) is 1. The molecule has 0 aromatic carbocycles. The van der Waals surface area contributed by atoms with Crippen LogP contribution in [0.25, 0.3) is 0 Å². The lowest BCUT2D eigenvalue weighted by Crippen LogP contribution is -2.39. The average molecular weight is 293 g/mol. The summed E-state index contributed by atoms with van der Waals surface area (Å²) in [6.45, 7) is 16.1. The summed E-state index contributed by atoms with van der Waals surface area (Å²) in [7, 11) is 0. The first kappa shape index (κ1) is 18.3. The third-order valence-electron chi connectivity index (χ3n) is 6.27. The maximum Gasteiger partial charge on any atom is 0.115 e. The topological polar surface area (TPSA) is 20.2 Å². The Morgan fingerprint density at radius 1 is 1.10 bits per heavy atom. The summed E-state index contributed by atoms with van der Waals surface area (Å²) in [5.74, 6) is 0.515. The molecule has 0 heterocycles. The maximum absolute atomic E-state index is 10.4. The van der Waals surface area contributed by atoms with Crippen LogP contribution < -0.4 is 0 Å². The van der Waals surface area contributed by atoms with Crippen LogP contribution in [0.1, 0.15) is 87.0 Å². The van der Waals surface area contributed by atoms with Gasteiger partial charge in [0.15, 0.2) is 0 Å². The van der Waals surface area contributed by atoms with Gasteiger partial charge in [-0.1, -0.05) is 73.8 Å². The van der Waals surface area contributed by atoms with E-state index in [4.69, 9.17) is 0 Å². The van der Waals surface area contributed by atoms with Gasteiger partial charge in [0.2, 0.25) is 0 Å². The van der Waals surface area contributed by atoms with E-state index in [0.717, 1.165) is 12.8 Å². The molecule has 0 spiro atoms. The number of aliphatic hydroxyl groups is 1. The maximum atomic E-state index is 10.4. The summed E-state index contributed by atoms with van der Waals surface area (Å²) in [5.41, 5.74) is 1.78. The smallest absolute Gasteiger partial charge is 0.115 e. The second-order valence-electron chi connectivity index (χ2n) is 8.11. The fourth-order valence-corrected chi connectivity index (χ4v) is 3.42. The monoisotopic (exact) mass is 292 g/mol. The van der Waals surface area contributed by atoms with E-state index in [0.29, 0.717) is 5.76 Å². The normalized spacial score (nSPS) is 23.8. The van der Waals surface area contributed by atoms with Crippen molar-refractivity contribution in [1.82, 2.24) is 0 Å². The molecule has 1 N–H and O–H groups in total. The van der Waals surface area contributed by atoms with E-state index < -0.39 is 0 Å². The molecule has 0 aromatic rings. The van der Waals surface area contributed by atoms with Crippen molar-refractivity contribution in [3.8, 4) is 0 Å². The van der Waals surface area contributed by atoms with Gasteiger partial charge >= 0.3 is 0 Å². The van der Waals surface area contributed by atoms with E-state index in [1.807, 2.05) is 6.08 Å². The minimum absolute atomic E-state index is 0.0795. The van der Waals surface area contributed by atoms with Crippen LogP contribution in [0.5, 0.6) is 0 Å². The van der Waals surface area contributed by atoms with E-state index in [1.54, 1.807) is 0 Å². The summed E-state index contributed by atoms with van der Waals surface area (Å²) in [6.07, 6.45) is 11.3. The van der Waals surface area contributed by atoms with Crippen LogP contribution in [0.4, 0.5) is 0 Å². The highest BCUT2D eigenvalue weighted by molar-refractivity contribution is 5.33. The molecule has 1 heteroatoms. The zero-order valence-corrected chi connectivity index (χ0v) is 15.3. The van der Waals surface area contributed by atoms with Crippen LogP contribution in [-0.2, 0) is 0 Å². The summed E-state index contributed by atoms with van der Waals surface area (Å²) in [4.78, 5) is 0. The van der Waals surface area contributed by atoms with Crippen molar-refractivity contribution < 1.29 is 5.11 Å². The molecule has 0 bridgehead atoms. The Labute approximate surface area is 132 Å². The Morgan fingerprint density at radius 3 is 2.19 bits per heavy atom. The highest BCUT2D eigenvalue weighted by atomic mass is 16.3. The van der Waals surface area contributed by atoms with Gasteiger partial charge in [0.25, 0.3) is 0 Å². The Balaban J connectivity index is 3.24. The molecule has 0 fully saturated rings. The predicted molar refractivity (Wildman–Crippen MR) is 93.5 cm³/mol. The SMILES string of the molecule is CCCCC1(C(C)(C)CC)C=CC(O)=C(C(C)(C)CC)C1. The molecule has 1 aliphatic carbocycles. The molecule has 1 unspecified atom stereocenters. The lowest BCUT2D eigenvalue weighted by atomic mass is 9.55. The van der Waals surface area contributed by atoms with Crippen LogP contribution in [0, 0.1) is 16.2 Å². The molecule has 21 heavy (non-hydrogen) atoms. The second-order valence-corrected chi connectivity index (χ2v) is 8.11. The molecule has 1 atom stereocenters. The first-order chi connectivity index (χ1) is 9.65. The van der Waals surface area contributed by atoms with Crippen LogP contribution in [-0.4, -0.2) is 5.11 Å². The standard InChI is InChI=1S/C20H36O/c1-8-11-13-20(19(6,7)10-3)14-12-17(21)16(15-20)18(4,5)9-2/h12,14,21H,8-11,13,15H2,1-7H3. The lowest BCUT2D eigenvalue weighted by Gasteiger charge is -2.49. The number of aliphatic hydroxyl groups excluding tert-OH is 1. The Morgan fingerprint density at radius 2 is 1.71 bits per heavy atom. The average Bonchev–Trinajstić information content (AvgIpc) is 2.46. The molecule has 0 aliphatic heterocycles. The molecule has 0 saturated carbocycles. The van der Waals surface area contributed by atoms with Crippen molar-refractivity contribution in [1.29, 1.82) is 0 Å². The number of allylic oxidation sites excluding steroid dienone is 3. The zero-order valence-electron chi connectivity index (χ0n) is 15.3. The molecule has 0 saturated heterocycles. The van der Waals surface area contributed by atoms with E-state index in [-0.39, 0.29) is 16.2 Å². The fourth-order valence-electron chi connectivity index (χ4n) is 3.42. The Bertz CT molecular complexity index is 412. The van der Waals surface area contributed by atoms with E-state index in [1.165, 1.54) is 31.3 Å². The van der Waals surface area contributed by atoms with Crippen molar-refractivity contribution in [2.24, 2.45) is 16.2 Å². The molecular formula is C20H36O. The highest BCUT2D eigenvalue weighted by Gasteiger charge is 2.45. The largest absolute Gasteiger partial charge is 0.508 e. The summed E-state index contributed by atoms with van der Waals surface area (Å²) in [5, 5.41) is 10.4. The molecule has 1 rings (SSSR count). The number of unbranched alkanes of at least 4 members (excludes halogenated alkanes) is 1. The zero-order chi connectivity index (χ0) is 16.3. The first-order valence-electron chi connectivity index (χ1n) is 8.77. The van der Waals surface area contributed by atoms with Gasteiger partial charge in [-0.25, -0.2) is 0 Å². The van der Waals surface area contributed by atoms with Gasteiger partial charge in [-0.05, 0) is 47.2 Å². The van der Waals surface area contributed by atoms with Crippen molar-refractivity contribution in [3.63, 3.8) is 0 Å². The van der Waals surface area contributed by atoms with Gasteiger partial charge in [-0.3, -0.25) is 0 Å². The molecular weight excluding hydrogens is 256 g/mol. The number of hydrogen-bond acceptors (Lipinski definition) is 1. The van der Waals surface area contributed by atoms with Crippen molar-refractivity contribution in [2.75, 3.05) is 0 Å². The molecule has 0 radical (unpaired) electrons. The quantitative estimate of drug-likeness (QED) is 0.546. The first-order valence-corrected chi connectivity index (χ1v) is 8.77. The fraction of sp³-hybridized carbons (Fsp3) is 0.800. The van der Waals surface area contributed by atoms with Crippen LogP contribution in [0.2, 0.25) is 0 Å². The molecule has 0 amide bonds. The summed E-state index contributed by atoms with van der Waals surface area (Å²) < 4.78 is 0. The minimum atomic E-state index is 0.0795. The van der Waals surface area contributed by atoms with Gasteiger partial charge in [-0.15, -0.1) is 0 Å². The van der Waals surface area contributed by atoms with Gasteiger partial charge in [0.05, 0.1) is 0 Å². The van der Waals surface area contributed by atoms with E-state index >= 15 is 0 Å². The van der Waals surface area contributed by atoms with Gasteiger partial charge in [0.1, 0.15) is 5.76 Å². The third kappa shape index (κ3) is 3.55. The van der Waals surface area contributed by atoms with Crippen molar-refractivity contribution >= 4 is 0 Å². The van der Waals surface area contributed by atoms with Crippen LogP contribution in [0.3, 0.4) is 0 Å². The van der Waals surface area contributed by atoms with Gasteiger partial charge < -0.3 is 5.11 Å². The van der Waals surface area contributed by atoms with Crippen LogP contribution >= 0.6 is 0 Å². The second kappa shape index (κ2) is 6.58. The van der Waals surface area contributed by atoms with Crippen molar-refractivity contribution in [2.45, 2.75) is 87.0 Å². The van der Waals surface area contributed by atoms with E-state index in [2.05, 4.69) is 54.5 Å². The Hall–Kier alpha value is -0.720. The van der Waals surface area contributed by atoms with Crippen molar-refractivity contribution in [3.05, 3.63) is 23.5 Å². The molecule has 0 aromatic heterocycles. The van der Waals surface area contributed by atoms with E-state index in [9.17, 15) is 5.11 Å². The molecule has 1 aliphatic rings. The minimum Gasteiger partial charge on any atom is -0.508 e. The van der Waals surface area contributed by atoms with Crippen LogP contribution in [0.15, 0.2) is 23.5 Å². The predicted octanol–water partition coefficient (Wildman–Crippen LogP) is 6.81. The number of rotatable bonds is 7. The molecule has 1 nitrogen and oxygen atoms in total. The highest BCUT2D eigenvalue weighted by Crippen LogP contribution is 2.55. The molecule has 122 valence electrons. The summed E-state index contributed by atoms with van der Waals surface area (Å²) in [6, 6.07) is 0. The lowest BCUT2D eigenvalue weighted by molar-refractivity contribution is 0.0899. The van der Waals surface area contributed by atoms with Gasteiger partial charge in [-0.2, -0.15) is 0 Å². The third-order valence-corrected chi connectivity index (χ3v) is 6.27. The van der Waals surface area contributed by atoms with Gasteiger partial charge in [0, 0.05) is 0 Å². The summed E-state index contributed by atoms with van der Waals surface area (Å²) >= 11 is 0. The Kier molecular flexibility index (Phi) is 5.75.